The molecule has 5 nitrogen and oxygen atoms in total. The Morgan fingerprint density at radius 3 is 1.75 bits per heavy atom. The molecule has 0 aliphatic rings. The van der Waals surface area contributed by atoms with Gasteiger partial charge in [-0.3, -0.25) is 0 Å². The molecular formula is C27H25NO4. The van der Waals surface area contributed by atoms with E-state index in [1.807, 2.05) is 86.3 Å². The topological polar surface area (TPSA) is 73.2 Å². The predicted octanol–water partition coefficient (Wildman–Crippen LogP) is 6.99. The standard InChI is InChI=1S/C27H25NO4/c1-17-10-12-21(15-24(17)29)28(22-13-11-18(2)25(30)16-22)20-7-5-8-23(14-20)32-26-9-4-6-19(3)27(26)31/h4-16,29-31H,1-3H3. The van der Waals surface area contributed by atoms with E-state index in [-0.39, 0.29) is 17.2 Å². The number of phenols is 3. The van der Waals surface area contributed by atoms with Crippen LogP contribution in [0.4, 0.5) is 17.1 Å². The zero-order valence-electron chi connectivity index (χ0n) is 18.2. The van der Waals surface area contributed by atoms with E-state index in [1.54, 1.807) is 18.2 Å². The number of benzene rings is 4. The van der Waals surface area contributed by atoms with Crippen LogP contribution in [0.5, 0.6) is 28.7 Å². The van der Waals surface area contributed by atoms with Crippen LogP contribution in [-0.4, -0.2) is 15.3 Å². The maximum Gasteiger partial charge on any atom is 0.169 e. The van der Waals surface area contributed by atoms with Crippen molar-refractivity contribution in [3.63, 3.8) is 0 Å². The van der Waals surface area contributed by atoms with E-state index in [1.165, 1.54) is 0 Å². The molecule has 0 aliphatic carbocycles. The molecule has 5 heteroatoms. The van der Waals surface area contributed by atoms with Gasteiger partial charge in [0.05, 0.1) is 0 Å². The number of hydrogen-bond donors (Lipinski definition) is 3. The summed E-state index contributed by atoms with van der Waals surface area (Å²) in [5, 5.41) is 31.0. The molecule has 0 unspecified atom stereocenters. The molecule has 0 aliphatic heterocycles. The zero-order valence-corrected chi connectivity index (χ0v) is 18.2. The fourth-order valence-electron chi connectivity index (χ4n) is 3.45. The van der Waals surface area contributed by atoms with Crippen LogP contribution in [0.25, 0.3) is 0 Å². The van der Waals surface area contributed by atoms with Crippen LogP contribution in [0.15, 0.2) is 78.9 Å². The Morgan fingerprint density at radius 1 is 0.594 bits per heavy atom. The van der Waals surface area contributed by atoms with E-state index < -0.39 is 0 Å². The lowest BCUT2D eigenvalue weighted by molar-refractivity contribution is 0.408. The second-order valence-corrected chi connectivity index (χ2v) is 7.80. The molecule has 0 radical (unpaired) electrons. The van der Waals surface area contributed by atoms with E-state index in [4.69, 9.17) is 4.74 Å². The van der Waals surface area contributed by atoms with Crippen molar-refractivity contribution in [1.82, 2.24) is 0 Å². The molecule has 0 aromatic heterocycles. The van der Waals surface area contributed by atoms with Gasteiger partial charge in [-0.25, -0.2) is 0 Å². The minimum absolute atomic E-state index is 0.0988. The van der Waals surface area contributed by atoms with Crippen LogP contribution < -0.4 is 9.64 Å². The largest absolute Gasteiger partial charge is 0.508 e. The Balaban J connectivity index is 1.80. The first-order valence-corrected chi connectivity index (χ1v) is 10.3. The molecule has 0 fully saturated rings. The highest BCUT2D eigenvalue weighted by Gasteiger charge is 2.16. The lowest BCUT2D eigenvalue weighted by Gasteiger charge is -2.26. The molecule has 4 aromatic carbocycles. The molecular weight excluding hydrogens is 402 g/mol. The first-order chi connectivity index (χ1) is 15.3. The van der Waals surface area contributed by atoms with Gasteiger partial charge in [0.1, 0.15) is 17.2 Å². The van der Waals surface area contributed by atoms with Gasteiger partial charge in [-0.05, 0) is 67.8 Å². The summed E-state index contributed by atoms with van der Waals surface area (Å²) in [6.07, 6.45) is 0. The number of anilines is 3. The van der Waals surface area contributed by atoms with Gasteiger partial charge in [0.2, 0.25) is 0 Å². The van der Waals surface area contributed by atoms with Crippen molar-refractivity contribution in [2.75, 3.05) is 4.90 Å². The Morgan fingerprint density at radius 2 is 1.16 bits per heavy atom. The second-order valence-electron chi connectivity index (χ2n) is 7.80. The normalized spacial score (nSPS) is 10.7. The Kier molecular flexibility index (Phi) is 5.65. The van der Waals surface area contributed by atoms with Crippen LogP contribution in [0.1, 0.15) is 16.7 Å². The Hall–Kier alpha value is -4.12. The number of nitrogens with zero attached hydrogens (tertiary/aromatic N) is 1. The molecule has 0 saturated heterocycles. The highest BCUT2D eigenvalue weighted by Crippen LogP contribution is 2.41. The number of phenolic OH excluding ortho intramolecular Hbond substituents is 3. The van der Waals surface area contributed by atoms with E-state index in [9.17, 15) is 15.3 Å². The number of para-hydroxylation sites is 1. The number of ether oxygens (including phenoxy) is 1. The Labute approximate surface area is 187 Å². The molecule has 32 heavy (non-hydrogen) atoms. The molecule has 162 valence electrons. The first-order valence-electron chi connectivity index (χ1n) is 10.3. The summed E-state index contributed by atoms with van der Waals surface area (Å²) in [6.45, 7) is 5.49. The third-order valence-electron chi connectivity index (χ3n) is 5.41. The minimum atomic E-state index is 0.0988. The monoisotopic (exact) mass is 427 g/mol. The third-order valence-corrected chi connectivity index (χ3v) is 5.41. The summed E-state index contributed by atoms with van der Waals surface area (Å²) in [6, 6.07) is 23.6. The van der Waals surface area contributed by atoms with Crippen molar-refractivity contribution in [3.8, 4) is 28.7 Å². The summed E-state index contributed by atoms with van der Waals surface area (Å²) in [5.41, 5.74) is 4.49. The number of rotatable bonds is 5. The molecule has 4 rings (SSSR count). The summed E-state index contributed by atoms with van der Waals surface area (Å²) >= 11 is 0. The van der Waals surface area contributed by atoms with E-state index in [0.717, 1.165) is 33.8 Å². The van der Waals surface area contributed by atoms with E-state index in [2.05, 4.69) is 0 Å². The average Bonchev–Trinajstić information content (AvgIpc) is 2.77. The van der Waals surface area contributed by atoms with Gasteiger partial charge in [0, 0.05) is 35.3 Å². The van der Waals surface area contributed by atoms with Crippen molar-refractivity contribution in [2.45, 2.75) is 20.8 Å². The lowest BCUT2D eigenvalue weighted by Crippen LogP contribution is -2.10. The summed E-state index contributed by atoms with van der Waals surface area (Å²) < 4.78 is 5.96. The van der Waals surface area contributed by atoms with Crippen LogP contribution in [-0.2, 0) is 0 Å². The van der Waals surface area contributed by atoms with Gasteiger partial charge in [-0.1, -0.05) is 30.3 Å². The molecule has 0 atom stereocenters. The van der Waals surface area contributed by atoms with Crippen LogP contribution >= 0.6 is 0 Å². The number of aryl methyl sites for hydroxylation is 3. The van der Waals surface area contributed by atoms with Crippen molar-refractivity contribution < 1.29 is 20.1 Å². The molecule has 4 aromatic rings. The van der Waals surface area contributed by atoms with Crippen molar-refractivity contribution in [3.05, 3.63) is 95.6 Å². The molecule has 0 saturated carbocycles. The average molecular weight is 428 g/mol. The molecule has 3 N–H and O–H groups in total. The maximum atomic E-state index is 10.3. The van der Waals surface area contributed by atoms with Gasteiger partial charge < -0.3 is 25.0 Å². The highest BCUT2D eigenvalue weighted by atomic mass is 16.5. The summed E-state index contributed by atoms with van der Waals surface area (Å²) in [7, 11) is 0. The Bertz CT molecular complexity index is 1230. The van der Waals surface area contributed by atoms with Crippen LogP contribution in [0, 0.1) is 20.8 Å². The van der Waals surface area contributed by atoms with Gasteiger partial charge in [0.15, 0.2) is 11.5 Å². The van der Waals surface area contributed by atoms with Gasteiger partial charge in [0.25, 0.3) is 0 Å². The first kappa shape index (κ1) is 21.1. The summed E-state index contributed by atoms with van der Waals surface area (Å²) in [5.74, 6) is 1.37. The van der Waals surface area contributed by atoms with Gasteiger partial charge in [-0.2, -0.15) is 0 Å². The van der Waals surface area contributed by atoms with E-state index >= 15 is 0 Å². The molecule has 0 spiro atoms. The fourth-order valence-corrected chi connectivity index (χ4v) is 3.45. The van der Waals surface area contributed by atoms with Crippen LogP contribution in [0.2, 0.25) is 0 Å². The third kappa shape index (κ3) is 4.18. The lowest BCUT2D eigenvalue weighted by atomic mass is 10.1. The highest BCUT2D eigenvalue weighted by molar-refractivity contribution is 5.79. The number of hydrogen-bond acceptors (Lipinski definition) is 5. The smallest absolute Gasteiger partial charge is 0.169 e. The van der Waals surface area contributed by atoms with Crippen LogP contribution in [0.3, 0.4) is 0 Å². The van der Waals surface area contributed by atoms with Gasteiger partial charge in [-0.15, -0.1) is 0 Å². The molecule has 0 bridgehead atoms. The number of aromatic hydroxyl groups is 3. The minimum Gasteiger partial charge on any atom is -0.508 e. The second kappa shape index (κ2) is 8.55. The van der Waals surface area contributed by atoms with E-state index in [0.29, 0.717) is 11.5 Å². The van der Waals surface area contributed by atoms with Gasteiger partial charge >= 0.3 is 0 Å². The van der Waals surface area contributed by atoms with Crippen molar-refractivity contribution >= 4 is 17.1 Å². The predicted molar refractivity (Wildman–Crippen MR) is 127 cm³/mol. The SMILES string of the molecule is Cc1ccc(N(c2cccc(Oc3cccc(C)c3O)c2)c2ccc(C)c(O)c2)cc1O. The molecule has 0 heterocycles. The van der Waals surface area contributed by atoms with Crippen molar-refractivity contribution in [2.24, 2.45) is 0 Å². The quantitative estimate of drug-likeness (QED) is 0.320. The van der Waals surface area contributed by atoms with Crippen molar-refractivity contribution in [1.29, 1.82) is 0 Å². The maximum absolute atomic E-state index is 10.3. The zero-order chi connectivity index (χ0) is 22.8. The summed E-state index contributed by atoms with van der Waals surface area (Å²) in [4.78, 5) is 1.92. The molecule has 0 amide bonds. The fraction of sp³-hybridized carbons (Fsp3) is 0.111.